The number of anilines is 2. The molecular formula is C21H25N5O3. The second-order valence-electron chi connectivity index (χ2n) is 6.51. The van der Waals surface area contributed by atoms with Crippen LogP contribution >= 0.6 is 0 Å². The van der Waals surface area contributed by atoms with Crippen molar-refractivity contribution >= 4 is 17.4 Å². The van der Waals surface area contributed by atoms with Gasteiger partial charge in [0.15, 0.2) is 23.0 Å². The molecule has 152 valence electrons. The number of nitrogens with zero attached hydrogens (tertiary/aromatic N) is 2. The Kier molecular flexibility index (Phi) is 6.33. The van der Waals surface area contributed by atoms with E-state index in [0.29, 0.717) is 17.3 Å². The molecule has 1 unspecified atom stereocenters. The number of rotatable bonds is 8. The van der Waals surface area contributed by atoms with Crippen molar-refractivity contribution in [2.75, 3.05) is 19.5 Å². The Morgan fingerprint density at radius 1 is 1.07 bits per heavy atom. The maximum absolute atomic E-state index is 12.7. The highest BCUT2D eigenvalue weighted by atomic mass is 16.5. The van der Waals surface area contributed by atoms with Crippen molar-refractivity contribution in [3.05, 3.63) is 59.3 Å². The molecule has 3 N–H and O–H groups in total. The molecule has 1 atom stereocenters. The van der Waals surface area contributed by atoms with Gasteiger partial charge in [-0.25, -0.2) is 0 Å². The number of aromatic nitrogens is 3. The van der Waals surface area contributed by atoms with Gasteiger partial charge in [0.1, 0.15) is 0 Å². The number of ether oxygens (including phenoxy) is 2. The van der Waals surface area contributed by atoms with Crippen LogP contribution in [-0.2, 0) is 6.42 Å². The molecule has 1 heterocycles. The van der Waals surface area contributed by atoms with E-state index in [1.54, 1.807) is 20.3 Å². The number of H-pyrrole nitrogens is 1. The van der Waals surface area contributed by atoms with Gasteiger partial charge in [-0.2, -0.15) is 5.21 Å². The van der Waals surface area contributed by atoms with Gasteiger partial charge in [-0.1, -0.05) is 25.1 Å². The van der Waals surface area contributed by atoms with Crippen molar-refractivity contribution in [2.24, 2.45) is 0 Å². The summed E-state index contributed by atoms with van der Waals surface area (Å²) in [5, 5.41) is 16.6. The molecule has 29 heavy (non-hydrogen) atoms. The van der Waals surface area contributed by atoms with Crippen molar-refractivity contribution in [3.63, 3.8) is 0 Å². The maximum atomic E-state index is 12.7. The number of methoxy groups -OCH3 is 2. The molecule has 1 amide bonds. The van der Waals surface area contributed by atoms with Crippen LogP contribution in [0.5, 0.6) is 11.5 Å². The van der Waals surface area contributed by atoms with Crippen molar-refractivity contribution in [3.8, 4) is 11.5 Å². The van der Waals surface area contributed by atoms with Crippen LogP contribution in [0.1, 0.15) is 41.5 Å². The molecule has 3 rings (SSSR count). The predicted molar refractivity (Wildman–Crippen MR) is 111 cm³/mol. The molecule has 8 nitrogen and oxygen atoms in total. The van der Waals surface area contributed by atoms with Gasteiger partial charge < -0.3 is 20.1 Å². The van der Waals surface area contributed by atoms with E-state index in [1.165, 1.54) is 5.56 Å². The lowest BCUT2D eigenvalue weighted by Gasteiger charge is -2.16. The van der Waals surface area contributed by atoms with Gasteiger partial charge in [-0.3, -0.25) is 4.79 Å². The monoisotopic (exact) mass is 395 g/mol. The van der Waals surface area contributed by atoms with Crippen LogP contribution in [0.2, 0.25) is 0 Å². The number of amides is 1. The highest BCUT2D eigenvalue weighted by Crippen LogP contribution is 2.30. The normalized spacial score (nSPS) is 11.6. The third-order valence-corrected chi connectivity index (χ3v) is 4.64. The lowest BCUT2D eigenvalue weighted by molar-refractivity contribution is 0.0935. The van der Waals surface area contributed by atoms with Gasteiger partial charge in [-0.15, -0.1) is 10.2 Å². The summed E-state index contributed by atoms with van der Waals surface area (Å²) in [5.74, 6) is 1.26. The van der Waals surface area contributed by atoms with E-state index in [2.05, 4.69) is 33.0 Å². The Labute approximate surface area is 169 Å². The first-order valence-corrected chi connectivity index (χ1v) is 9.35. The predicted octanol–water partition coefficient (Wildman–Crippen LogP) is 3.62. The molecule has 0 saturated carbocycles. The highest BCUT2D eigenvalue weighted by molar-refractivity contribution is 5.97. The zero-order valence-corrected chi connectivity index (χ0v) is 16.9. The zero-order valence-electron chi connectivity index (χ0n) is 16.9. The van der Waals surface area contributed by atoms with E-state index in [-0.39, 0.29) is 17.6 Å². The second-order valence-corrected chi connectivity index (χ2v) is 6.51. The Morgan fingerprint density at radius 3 is 2.45 bits per heavy atom. The standard InChI is InChI=1S/C21H25N5O3/c1-5-14-6-9-16(10-7-14)23-20-19(24-26-25-20)21(27)22-13(2)15-8-11-17(28-3)18(12-15)29-4/h6-13H,5H2,1-4H3,(H,22,27)(H2,23,24,25,26). The van der Waals surface area contributed by atoms with Crippen LogP contribution < -0.4 is 20.1 Å². The Morgan fingerprint density at radius 2 is 1.79 bits per heavy atom. The summed E-state index contributed by atoms with van der Waals surface area (Å²) in [5.41, 5.74) is 3.14. The molecule has 0 radical (unpaired) electrons. The number of benzene rings is 2. The quantitative estimate of drug-likeness (QED) is 0.539. The SMILES string of the molecule is CCc1ccc(Nc2n[nH]nc2C(=O)NC(C)c2ccc(OC)c(OC)c2)cc1. The third kappa shape index (κ3) is 4.66. The topological polar surface area (TPSA) is 101 Å². The average molecular weight is 395 g/mol. The summed E-state index contributed by atoms with van der Waals surface area (Å²) in [6.45, 7) is 3.98. The minimum absolute atomic E-state index is 0.192. The molecule has 0 aliphatic heterocycles. The molecule has 0 saturated heterocycles. The maximum Gasteiger partial charge on any atom is 0.276 e. The number of carbonyl (C=O) groups excluding carboxylic acids is 1. The van der Waals surface area contributed by atoms with Crippen LogP contribution in [-0.4, -0.2) is 35.5 Å². The van der Waals surface area contributed by atoms with E-state index in [4.69, 9.17) is 9.47 Å². The number of carbonyl (C=O) groups is 1. The first-order chi connectivity index (χ1) is 14.0. The van der Waals surface area contributed by atoms with Gasteiger partial charge in [0.25, 0.3) is 5.91 Å². The molecule has 0 fully saturated rings. The van der Waals surface area contributed by atoms with E-state index < -0.39 is 0 Å². The summed E-state index contributed by atoms with van der Waals surface area (Å²) >= 11 is 0. The van der Waals surface area contributed by atoms with Gasteiger partial charge in [0, 0.05) is 5.69 Å². The second kappa shape index (κ2) is 9.09. The van der Waals surface area contributed by atoms with Crippen molar-refractivity contribution in [1.29, 1.82) is 0 Å². The van der Waals surface area contributed by atoms with Crippen LogP contribution in [0.4, 0.5) is 11.5 Å². The smallest absolute Gasteiger partial charge is 0.276 e. The molecule has 2 aromatic carbocycles. The summed E-state index contributed by atoms with van der Waals surface area (Å²) in [6, 6.07) is 13.2. The van der Waals surface area contributed by atoms with Crippen LogP contribution in [0.3, 0.4) is 0 Å². The first kappa shape index (κ1) is 20.2. The largest absolute Gasteiger partial charge is 0.493 e. The zero-order chi connectivity index (χ0) is 20.8. The molecule has 0 aliphatic carbocycles. The van der Waals surface area contributed by atoms with Crippen LogP contribution in [0.25, 0.3) is 0 Å². The average Bonchev–Trinajstić information content (AvgIpc) is 3.21. The fourth-order valence-corrected chi connectivity index (χ4v) is 2.91. The number of nitrogens with one attached hydrogen (secondary N) is 3. The Balaban J connectivity index is 1.72. The molecule has 0 spiro atoms. The molecular weight excluding hydrogens is 370 g/mol. The van der Waals surface area contributed by atoms with Gasteiger partial charge in [-0.05, 0) is 48.7 Å². The highest BCUT2D eigenvalue weighted by Gasteiger charge is 2.20. The van der Waals surface area contributed by atoms with Gasteiger partial charge in [0.05, 0.1) is 20.3 Å². The Hall–Kier alpha value is -3.55. The van der Waals surface area contributed by atoms with E-state index in [0.717, 1.165) is 17.7 Å². The van der Waals surface area contributed by atoms with Crippen molar-refractivity contribution < 1.29 is 14.3 Å². The number of aryl methyl sites for hydroxylation is 1. The van der Waals surface area contributed by atoms with Gasteiger partial charge >= 0.3 is 0 Å². The number of aromatic amines is 1. The minimum atomic E-state index is -0.339. The van der Waals surface area contributed by atoms with Crippen molar-refractivity contribution in [1.82, 2.24) is 20.7 Å². The fraction of sp³-hybridized carbons (Fsp3) is 0.286. The summed E-state index contributed by atoms with van der Waals surface area (Å²) < 4.78 is 10.6. The minimum Gasteiger partial charge on any atom is -0.493 e. The molecule has 0 bridgehead atoms. The van der Waals surface area contributed by atoms with E-state index in [9.17, 15) is 4.79 Å². The Bertz CT molecular complexity index is 969. The lowest BCUT2D eigenvalue weighted by atomic mass is 10.1. The number of hydrogen-bond donors (Lipinski definition) is 3. The number of hydrogen-bond acceptors (Lipinski definition) is 6. The molecule has 1 aromatic heterocycles. The van der Waals surface area contributed by atoms with E-state index >= 15 is 0 Å². The summed E-state index contributed by atoms with van der Waals surface area (Å²) in [7, 11) is 3.16. The first-order valence-electron chi connectivity index (χ1n) is 9.35. The van der Waals surface area contributed by atoms with Crippen LogP contribution in [0.15, 0.2) is 42.5 Å². The molecule has 8 heteroatoms. The van der Waals surface area contributed by atoms with Crippen LogP contribution in [0, 0.1) is 0 Å². The van der Waals surface area contributed by atoms with Crippen molar-refractivity contribution in [2.45, 2.75) is 26.3 Å². The van der Waals surface area contributed by atoms with E-state index in [1.807, 2.05) is 43.3 Å². The third-order valence-electron chi connectivity index (χ3n) is 4.64. The fourth-order valence-electron chi connectivity index (χ4n) is 2.91. The molecule has 3 aromatic rings. The lowest BCUT2D eigenvalue weighted by Crippen LogP contribution is -2.27. The molecule has 0 aliphatic rings. The summed E-state index contributed by atoms with van der Waals surface area (Å²) in [4.78, 5) is 12.7. The summed E-state index contributed by atoms with van der Waals surface area (Å²) in [6.07, 6.45) is 0.964. The van der Waals surface area contributed by atoms with Gasteiger partial charge in [0.2, 0.25) is 0 Å².